The Hall–Kier alpha value is -1.55. The van der Waals surface area contributed by atoms with Gasteiger partial charge in [0.2, 0.25) is 0 Å². The molecular formula is C15H7Cl3FNO. The molecule has 0 atom stereocenters. The summed E-state index contributed by atoms with van der Waals surface area (Å²) in [6, 6.07) is 8.84. The number of nitrogens with zero attached hydrogens (tertiary/aromatic N) is 1. The van der Waals surface area contributed by atoms with Crippen LogP contribution in [0.5, 0.6) is 11.5 Å². The molecule has 0 saturated heterocycles. The average molecular weight is 343 g/mol. The number of halogens is 4. The average Bonchev–Trinajstić information content (AvgIpc) is 2.41. The molecule has 0 amide bonds. The van der Waals surface area contributed by atoms with E-state index in [0.29, 0.717) is 32.4 Å². The summed E-state index contributed by atoms with van der Waals surface area (Å²) in [7, 11) is 0. The lowest BCUT2D eigenvalue weighted by Crippen LogP contribution is -1.90. The summed E-state index contributed by atoms with van der Waals surface area (Å²) in [5.41, 5.74) is 0.600. The minimum absolute atomic E-state index is 0.171. The molecule has 106 valence electrons. The van der Waals surface area contributed by atoms with E-state index < -0.39 is 5.82 Å². The van der Waals surface area contributed by atoms with E-state index >= 15 is 0 Å². The number of pyridine rings is 1. The van der Waals surface area contributed by atoms with Crippen LogP contribution in [0.25, 0.3) is 10.9 Å². The van der Waals surface area contributed by atoms with E-state index in [1.165, 1.54) is 18.2 Å². The highest BCUT2D eigenvalue weighted by atomic mass is 35.5. The van der Waals surface area contributed by atoms with Crippen LogP contribution in [0.1, 0.15) is 0 Å². The maximum Gasteiger partial charge on any atom is 0.146 e. The molecule has 0 bridgehead atoms. The van der Waals surface area contributed by atoms with Crippen molar-refractivity contribution in [3.05, 3.63) is 63.5 Å². The molecule has 0 N–H and O–H groups in total. The molecule has 2 nitrogen and oxygen atoms in total. The van der Waals surface area contributed by atoms with E-state index in [2.05, 4.69) is 4.98 Å². The van der Waals surface area contributed by atoms with Gasteiger partial charge in [-0.25, -0.2) is 4.39 Å². The van der Waals surface area contributed by atoms with Crippen molar-refractivity contribution >= 4 is 45.7 Å². The van der Waals surface area contributed by atoms with Crippen molar-refractivity contribution in [3.63, 3.8) is 0 Å². The summed E-state index contributed by atoms with van der Waals surface area (Å²) < 4.78 is 18.8. The second-order valence-corrected chi connectivity index (χ2v) is 5.52. The van der Waals surface area contributed by atoms with Crippen LogP contribution in [0.15, 0.2) is 42.6 Å². The first kappa shape index (κ1) is 14.4. The van der Waals surface area contributed by atoms with Crippen molar-refractivity contribution in [2.45, 2.75) is 0 Å². The third kappa shape index (κ3) is 2.91. The number of benzene rings is 2. The van der Waals surface area contributed by atoms with Crippen LogP contribution in [0.2, 0.25) is 15.1 Å². The standard InChI is InChI=1S/C15H7Cl3FNO/c16-8-5-11(18)15-12(6-8)20-4-3-14(15)21-13-2-1-9(19)7-10(13)17/h1-7H. The van der Waals surface area contributed by atoms with E-state index in [-0.39, 0.29) is 5.02 Å². The summed E-state index contributed by atoms with van der Waals surface area (Å²) in [5, 5.41) is 1.69. The molecule has 0 radical (unpaired) electrons. The Bertz CT molecular complexity index is 839. The molecule has 0 saturated carbocycles. The van der Waals surface area contributed by atoms with E-state index in [0.717, 1.165) is 0 Å². The molecule has 0 aliphatic rings. The van der Waals surface area contributed by atoms with Crippen LogP contribution < -0.4 is 4.74 Å². The fourth-order valence-corrected chi connectivity index (χ4v) is 2.72. The minimum Gasteiger partial charge on any atom is -0.455 e. The monoisotopic (exact) mass is 341 g/mol. The van der Waals surface area contributed by atoms with E-state index in [1.807, 2.05) is 0 Å². The summed E-state index contributed by atoms with van der Waals surface area (Å²) >= 11 is 18.1. The number of hydrogen-bond donors (Lipinski definition) is 0. The maximum atomic E-state index is 13.1. The highest BCUT2D eigenvalue weighted by molar-refractivity contribution is 6.39. The Morgan fingerprint density at radius 3 is 2.48 bits per heavy atom. The van der Waals surface area contributed by atoms with Crippen LogP contribution in [-0.2, 0) is 0 Å². The molecule has 1 aromatic heterocycles. The van der Waals surface area contributed by atoms with Gasteiger partial charge in [-0.1, -0.05) is 34.8 Å². The normalized spacial score (nSPS) is 10.9. The van der Waals surface area contributed by atoms with Gasteiger partial charge < -0.3 is 4.74 Å². The lowest BCUT2D eigenvalue weighted by atomic mass is 10.2. The SMILES string of the molecule is Fc1ccc(Oc2ccnc3cc(Cl)cc(Cl)c23)c(Cl)c1. The molecule has 2 aromatic carbocycles. The molecule has 0 aliphatic heterocycles. The van der Waals surface area contributed by atoms with Crippen molar-refractivity contribution in [1.82, 2.24) is 4.98 Å². The summed E-state index contributed by atoms with van der Waals surface area (Å²) in [6.45, 7) is 0. The fraction of sp³-hybridized carbons (Fsp3) is 0. The topological polar surface area (TPSA) is 22.1 Å². The fourth-order valence-electron chi connectivity index (χ4n) is 1.94. The molecule has 0 fully saturated rings. The Labute approximate surface area is 135 Å². The first-order valence-corrected chi connectivity index (χ1v) is 7.04. The third-order valence-corrected chi connectivity index (χ3v) is 3.65. The Kier molecular flexibility index (Phi) is 3.89. The number of ether oxygens (including phenoxy) is 1. The first-order valence-electron chi connectivity index (χ1n) is 5.91. The predicted molar refractivity (Wildman–Crippen MR) is 83.2 cm³/mol. The largest absolute Gasteiger partial charge is 0.455 e. The number of fused-ring (bicyclic) bond motifs is 1. The number of hydrogen-bond acceptors (Lipinski definition) is 2. The Morgan fingerprint density at radius 2 is 1.71 bits per heavy atom. The predicted octanol–water partition coefficient (Wildman–Crippen LogP) is 6.13. The summed E-state index contributed by atoms with van der Waals surface area (Å²) in [6.07, 6.45) is 1.57. The van der Waals surface area contributed by atoms with Crippen LogP contribution in [-0.4, -0.2) is 4.98 Å². The zero-order valence-corrected chi connectivity index (χ0v) is 12.7. The number of rotatable bonds is 2. The smallest absolute Gasteiger partial charge is 0.146 e. The van der Waals surface area contributed by atoms with E-state index in [9.17, 15) is 4.39 Å². The van der Waals surface area contributed by atoms with Gasteiger partial charge in [-0.05, 0) is 36.4 Å². The van der Waals surface area contributed by atoms with Gasteiger partial charge in [0.15, 0.2) is 0 Å². The van der Waals surface area contributed by atoms with Crippen LogP contribution in [0.3, 0.4) is 0 Å². The first-order chi connectivity index (χ1) is 10.0. The second-order valence-electron chi connectivity index (χ2n) is 4.27. The third-order valence-electron chi connectivity index (χ3n) is 2.83. The highest BCUT2D eigenvalue weighted by Crippen LogP contribution is 2.37. The van der Waals surface area contributed by atoms with Crippen LogP contribution in [0.4, 0.5) is 4.39 Å². The van der Waals surface area contributed by atoms with Crippen LogP contribution in [0, 0.1) is 5.82 Å². The molecule has 0 aliphatic carbocycles. The van der Waals surface area contributed by atoms with E-state index in [1.54, 1.807) is 24.4 Å². The molecular weight excluding hydrogens is 336 g/mol. The van der Waals surface area contributed by atoms with E-state index in [4.69, 9.17) is 39.5 Å². The second kappa shape index (κ2) is 5.68. The van der Waals surface area contributed by atoms with Crippen molar-refractivity contribution < 1.29 is 9.13 Å². The Balaban J connectivity index is 2.12. The lowest BCUT2D eigenvalue weighted by Gasteiger charge is -2.11. The van der Waals surface area contributed by atoms with Gasteiger partial charge in [-0.15, -0.1) is 0 Å². The molecule has 6 heteroatoms. The highest BCUT2D eigenvalue weighted by Gasteiger charge is 2.11. The van der Waals surface area contributed by atoms with Gasteiger partial charge in [0.25, 0.3) is 0 Å². The zero-order chi connectivity index (χ0) is 15.0. The van der Waals surface area contributed by atoms with Gasteiger partial charge in [-0.3, -0.25) is 4.98 Å². The number of aromatic nitrogens is 1. The van der Waals surface area contributed by atoms with Gasteiger partial charge >= 0.3 is 0 Å². The summed E-state index contributed by atoms with van der Waals surface area (Å²) in [4.78, 5) is 4.20. The zero-order valence-electron chi connectivity index (χ0n) is 10.4. The molecule has 21 heavy (non-hydrogen) atoms. The maximum absolute atomic E-state index is 13.1. The molecule has 0 spiro atoms. The van der Waals surface area contributed by atoms with Crippen molar-refractivity contribution in [1.29, 1.82) is 0 Å². The molecule has 0 unspecified atom stereocenters. The van der Waals surface area contributed by atoms with Crippen LogP contribution >= 0.6 is 34.8 Å². The minimum atomic E-state index is -0.434. The van der Waals surface area contributed by atoms with Gasteiger partial charge in [0.1, 0.15) is 17.3 Å². The molecule has 3 rings (SSSR count). The van der Waals surface area contributed by atoms with Crippen molar-refractivity contribution in [2.75, 3.05) is 0 Å². The van der Waals surface area contributed by atoms with Crippen molar-refractivity contribution in [3.8, 4) is 11.5 Å². The quantitative estimate of drug-likeness (QED) is 0.559. The van der Waals surface area contributed by atoms with Crippen molar-refractivity contribution in [2.24, 2.45) is 0 Å². The summed E-state index contributed by atoms with van der Waals surface area (Å²) in [5.74, 6) is 0.364. The Morgan fingerprint density at radius 1 is 0.905 bits per heavy atom. The molecule has 3 aromatic rings. The van der Waals surface area contributed by atoms with Gasteiger partial charge in [0.05, 0.1) is 20.9 Å². The molecule has 1 heterocycles. The lowest BCUT2D eigenvalue weighted by molar-refractivity contribution is 0.486. The van der Waals surface area contributed by atoms with Gasteiger partial charge in [-0.2, -0.15) is 0 Å². The van der Waals surface area contributed by atoms with Gasteiger partial charge in [0, 0.05) is 11.2 Å².